The zero-order valence-electron chi connectivity index (χ0n) is 15.6. The largest absolute Gasteiger partial charge is 0.347 e. The molecule has 2 heterocycles. The molecule has 0 saturated carbocycles. The number of hydrogen-bond donors (Lipinski definition) is 3. The van der Waals surface area contributed by atoms with Gasteiger partial charge in [-0.05, 0) is 36.8 Å². The smallest absolute Gasteiger partial charge is 0.270 e. The number of aromatic nitrogens is 3. The fraction of sp³-hybridized carbons (Fsp3) is 0.150. The van der Waals surface area contributed by atoms with Gasteiger partial charge in [0.1, 0.15) is 17.3 Å². The summed E-state index contributed by atoms with van der Waals surface area (Å²) in [5.41, 5.74) is 2.55. The molecule has 0 aliphatic rings. The summed E-state index contributed by atoms with van der Waals surface area (Å²) >= 11 is 0. The van der Waals surface area contributed by atoms with E-state index in [-0.39, 0.29) is 17.5 Å². The van der Waals surface area contributed by atoms with Crippen molar-refractivity contribution in [3.63, 3.8) is 0 Å². The van der Waals surface area contributed by atoms with Crippen molar-refractivity contribution >= 4 is 29.0 Å². The Bertz CT molecular complexity index is 991. The van der Waals surface area contributed by atoms with Crippen molar-refractivity contribution < 1.29 is 9.59 Å². The molecule has 2 aromatic heterocycles. The monoisotopic (exact) mass is 376 g/mol. The van der Waals surface area contributed by atoms with E-state index < -0.39 is 0 Å². The molecule has 8 heteroatoms. The first kappa shape index (κ1) is 19.0. The number of carbonyl (C=O) groups excluding carboxylic acids is 2. The molecule has 3 aromatic rings. The van der Waals surface area contributed by atoms with E-state index in [9.17, 15) is 9.59 Å². The molecule has 0 fully saturated rings. The summed E-state index contributed by atoms with van der Waals surface area (Å²) in [5, 5.41) is 8.68. The number of carbonyl (C=O) groups is 2. The predicted octanol–water partition coefficient (Wildman–Crippen LogP) is 2.81. The fourth-order valence-electron chi connectivity index (χ4n) is 2.55. The maximum absolute atomic E-state index is 12.5. The molecule has 28 heavy (non-hydrogen) atoms. The molecule has 0 radical (unpaired) electrons. The first-order valence-electron chi connectivity index (χ1n) is 8.67. The van der Waals surface area contributed by atoms with Crippen LogP contribution in [-0.2, 0) is 11.3 Å². The van der Waals surface area contributed by atoms with Gasteiger partial charge in [0.2, 0.25) is 5.91 Å². The Balaban J connectivity index is 1.72. The molecule has 0 spiro atoms. The number of aryl methyl sites for hydroxylation is 1. The maximum Gasteiger partial charge on any atom is 0.270 e. The van der Waals surface area contributed by atoms with Gasteiger partial charge in [0, 0.05) is 43.3 Å². The van der Waals surface area contributed by atoms with Crippen LogP contribution in [0.3, 0.4) is 0 Å². The summed E-state index contributed by atoms with van der Waals surface area (Å²) in [5.74, 6) is 0.501. The van der Waals surface area contributed by atoms with E-state index in [4.69, 9.17) is 0 Å². The van der Waals surface area contributed by atoms with Gasteiger partial charge in [-0.3, -0.25) is 14.6 Å². The molecule has 3 N–H and O–H groups in total. The van der Waals surface area contributed by atoms with Crippen molar-refractivity contribution in [2.24, 2.45) is 0 Å². The summed E-state index contributed by atoms with van der Waals surface area (Å²) in [7, 11) is 0. The first-order valence-corrected chi connectivity index (χ1v) is 8.67. The average molecular weight is 376 g/mol. The molecule has 0 saturated heterocycles. The molecule has 0 atom stereocenters. The van der Waals surface area contributed by atoms with E-state index in [0.29, 0.717) is 23.9 Å². The highest BCUT2D eigenvalue weighted by molar-refractivity contribution is 5.93. The molecule has 0 unspecified atom stereocenters. The molecule has 142 valence electrons. The van der Waals surface area contributed by atoms with E-state index >= 15 is 0 Å². The van der Waals surface area contributed by atoms with Crippen molar-refractivity contribution in [1.29, 1.82) is 0 Å². The lowest BCUT2D eigenvalue weighted by atomic mass is 10.2. The number of pyridine rings is 1. The van der Waals surface area contributed by atoms with Crippen LogP contribution in [0.4, 0.5) is 17.2 Å². The van der Waals surface area contributed by atoms with Gasteiger partial charge in [-0.15, -0.1) is 0 Å². The molecular weight excluding hydrogens is 356 g/mol. The first-order chi connectivity index (χ1) is 13.5. The van der Waals surface area contributed by atoms with Crippen LogP contribution >= 0.6 is 0 Å². The zero-order chi connectivity index (χ0) is 19.9. The predicted molar refractivity (Wildman–Crippen MR) is 106 cm³/mol. The second kappa shape index (κ2) is 8.72. The van der Waals surface area contributed by atoms with Crippen molar-refractivity contribution in [1.82, 2.24) is 20.3 Å². The molecule has 0 aliphatic heterocycles. The topological polar surface area (TPSA) is 109 Å². The minimum Gasteiger partial charge on any atom is -0.347 e. The highest BCUT2D eigenvalue weighted by Crippen LogP contribution is 2.19. The number of amides is 2. The number of nitrogens with one attached hydrogen (secondary N) is 3. The lowest BCUT2D eigenvalue weighted by molar-refractivity contribution is -0.114. The molecule has 3 rings (SSSR count). The molecule has 8 nitrogen and oxygen atoms in total. The van der Waals surface area contributed by atoms with Gasteiger partial charge in [-0.25, -0.2) is 9.97 Å². The summed E-state index contributed by atoms with van der Waals surface area (Å²) in [6, 6.07) is 12.5. The zero-order valence-corrected chi connectivity index (χ0v) is 15.6. The third kappa shape index (κ3) is 5.34. The lowest BCUT2D eigenvalue weighted by Gasteiger charge is -2.10. The Hall–Kier alpha value is -3.81. The summed E-state index contributed by atoms with van der Waals surface area (Å²) in [6.07, 6.45) is 3.37. The highest BCUT2D eigenvalue weighted by Gasteiger charge is 2.11. The van der Waals surface area contributed by atoms with Crippen molar-refractivity contribution in [3.05, 3.63) is 71.9 Å². The summed E-state index contributed by atoms with van der Waals surface area (Å²) in [6.45, 7) is 3.53. The van der Waals surface area contributed by atoms with Gasteiger partial charge < -0.3 is 16.0 Å². The van der Waals surface area contributed by atoms with Gasteiger partial charge in [0.15, 0.2) is 0 Å². The Morgan fingerprint density at radius 3 is 2.61 bits per heavy atom. The van der Waals surface area contributed by atoms with Crippen LogP contribution in [0.1, 0.15) is 28.8 Å². The normalized spacial score (nSPS) is 10.2. The van der Waals surface area contributed by atoms with E-state index in [1.807, 2.05) is 24.3 Å². The third-order valence-corrected chi connectivity index (χ3v) is 3.70. The highest BCUT2D eigenvalue weighted by atomic mass is 16.2. The molecule has 2 amide bonds. The Morgan fingerprint density at radius 1 is 1.04 bits per heavy atom. The number of nitrogens with zero attached hydrogens (tertiary/aromatic N) is 3. The van der Waals surface area contributed by atoms with E-state index in [1.54, 1.807) is 37.5 Å². The average Bonchev–Trinajstić information content (AvgIpc) is 2.66. The van der Waals surface area contributed by atoms with Gasteiger partial charge >= 0.3 is 0 Å². The van der Waals surface area contributed by atoms with Crippen molar-refractivity contribution in [2.75, 3.05) is 10.6 Å². The minimum absolute atomic E-state index is 0.150. The van der Waals surface area contributed by atoms with Crippen LogP contribution in [0, 0.1) is 6.92 Å². The second-order valence-electron chi connectivity index (χ2n) is 6.12. The third-order valence-electron chi connectivity index (χ3n) is 3.70. The van der Waals surface area contributed by atoms with Gasteiger partial charge in [-0.2, -0.15) is 0 Å². The van der Waals surface area contributed by atoms with Crippen molar-refractivity contribution in [2.45, 2.75) is 20.4 Å². The van der Waals surface area contributed by atoms with Gasteiger partial charge in [-0.1, -0.05) is 12.1 Å². The van der Waals surface area contributed by atoms with Crippen LogP contribution in [0.15, 0.2) is 54.9 Å². The number of benzene rings is 1. The van der Waals surface area contributed by atoms with Crippen LogP contribution in [0.25, 0.3) is 0 Å². The quantitative estimate of drug-likeness (QED) is 0.610. The summed E-state index contributed by atoms with van der Waals surface area (Å²) in [4.78, 5) is 36.2. The van der Waals surface area contributed by atoms with Gasteiger partial charge in [0.05, 0.1) is 0 Å². The maximum atomic E-state index is 12.5. The standard InChI is InChI=1S/C20H20N6O2/c1-13-23-18(20(28)22-12-15-5-4-8-21-11-15)10-19(24-13)26-17-7-3-6-16(9-17)25-14(2)27/h3-11H,12H2,1-2H3,(H,22,28)(H,25,27)(H,23,24,26). The molecular formula is C20H20N6O2. The van der Waals surface area contributed by atoms with Crippen LogP contribution < -0.4 is 16.0 Å². The Morgan fingerprint density at radius 2 is 1.86 bits per heavy atom. The number of anilines is 3. The Kier molecular flexibility index (Phi) is 5.91. The van der Waals surface area contributed by atoms with Crippen LogP contribution in [-0.4, -0.2) is 26.8 Å². The van der Waals surface area contributed by atoms with Crippen molar-refractivity contribution in [3.8, 4) is 0 Å². The second-order valence-corrected chi connectivity index (χ2v) is 6.12. The van der Waals surface area contributed by atoms with Crippen LogP contribution in [0.5, 0.6) is 0 Å². The van der Waals surface area contributed by atoms with E-state index in [0.717, 1.165) is 11.3 Å². The molecule has 0 bridgehead atoms. The van der Waals surface area contributed by atoms with Gasteiger partial charge in [0.25, 0.3) is 5.91 Å². The molecule has 0 aliphatic carbocycles. The number of rotatable bonds is 6. The number of hydrogen-bond acceptors (Lipinski definition) is 6. The van der Waals surface area contributed by atoms with E-state index in [1.165, 1.54) is 6.92 Å². The SMILES string of the molecule is CC(=O)Nc1cccc(Nc2cc(C(=O)NCc3cccnc3)nc(C)n2)c1. The summed E-state index contributed by atoms with van der Waals surface area (Å²) < 4.78 is 0. The lowest BCUT2D eigenvalue weighted by Crippen LogP contribution is -2.24. The van der Waals surface area contributed by atoms with Crippen LogP contribution in [0.2, 0.25) is 0 Å². The fourth-order valence-corrected chi connectivity index (χ4v) is 2.55. The Labute approximate surface area is 162 Å². The minimum atomic E-state index is -0.301. The molecule has 1 aromatic carbocycles. The van der Waals surface area contributed by atoms with E-state index in [2.05, 4.69) is 30.9 Å².